The van der Waals surface area contributed by atoms with Crippen LogP contribution < -0.4 is 10.6 Å². The molecule has 0 aliphatic carbocycles. The van der Waals surface area contributed by atoms with Crippen LogP contribution in [0, 0.1) is 0 Å². The number of nitrogens with one attached hydrogen (secondary N) is 2. The smallest absolute Gasteiger partial charge is 0.191 e. The van der Waals surface area contributed by atoms with Gasteiger partial charge in [-0.15, -0.1) is 35.3 Å². The highest BCUT2D eigenvalue weighted by Crippen LogP contribution is 2.26. The third kappa shape index (κ3) is 7.47. The molecule has 2 N–H and O–H groups in total. The predicted molar refractivity (Wildman–Crippen MR) is 117 cm³/mol. The fourth-order valence-electron chi connectivity index (χ4n) is 2.55. The van der Waals surface area contributed by atoms with Gasteiger partial charge in [0.05, 0.1) is 25.8 Å². The van der Waals surface area contributed by atoms with Crippen molar-refractivity contribution in [3.05, 3.63) is 22.4 Å². The molecule has 1 aromatic rings. The van der Waals surface area contributed by atoms with E-state index in [2.05, 4.69) is 46.2 Å². The van der Waals surface area contributed by atoms with Crippen LogP contribution in [0.5, 0.6) is 0 Å². The van der Waals surface area contributed by atoms with E-state index in [0.717, 1.165) is 57.6 Å². The summed E-state index contributed by atoms with van der Waals surface area (Å²) in [6.07, 6.45) is 2.12. The molecular weight excluding hydrogens is 455 g/mol. The van der Waals surface area contributed by atoms with Crippen LogP contribution in [0.25, 0.3) is 0 Å². The lowest BCUT2D eigenvalue weighted by Gasteiger charge is -2.33. The minimum Gasteiger partial charge on any atom is -0.379 e. The molecular formula is C16H29IN4OS2. The molecule has 1 aliphatic rings. The van der Waals surface area contributed by atoms with Gasteiger partial charge in [0.15, 0.2) is 5.96 Å². The van der Waals surface area contributed by atoms with Gasteiger partial charge in [0.25, 0.3) is 0 Å². The number of halogens is 1. The zero-order chi connectivity index (χ0) is 16.3. The minimum atomic E-state index is 0. The molecule has 5 nitrogen and oxygen atoms in total. The van der Waals surface area contributed by atoms with Crippen molar-refractivity contribution in [1.29, 1.82) is 0 Å². The van der Waals surface area contributed by atoms with E-state index in [1.807, 2.05) is 23.1 Å². The van der Waals surface area contributed by atoms with Crippen molar-refractivity contribution < 1.29 is 4.74 Å². The topological polar surface area (TPSA) is 48.9 Å². The Hall–Kier alpha value is -0.0300. The van der Waals surface area contributed by atoms with Gasteiger partial charge in [-0.3, -0.25) is 9.89 Å². The van der Waals surface area contributed by atoms with Crippen LogP contribution in [0.3, 0.4) is 0 Å². The van der Waals surface area contributed by atoms with Gasteiger partial charge in [0, 0.05) is 36.8 Å². The molecule has 0 spiro atoms. The SMILES string of the molecule is CCNC(=NCC(c1cccs1)N1CCOCC1)NCCSC.I. The molecule has 1 fully saturated rings. The molecule has 8 heteroatoms. The molecule has 2 heterocycles. The molecule has 2 rings (SSSR count). The van der Waals surface area contributed by atoms with Crippen LogP contribution in [0.15, 0.2) is 22.5 Å². The second-order valence-corrected chi connectivity index (χ2v) is 7.28. The lowest BCUT2D eigenvalue weighted by Crippen LogP contribution is -2.42. The molecule has 1 aromatic heterocycles. The van der Waals surface area contributed by atoms with E-state index in [1.54, 1.807) is 0 Å². The molecule has 0 bridgehead atoms. The lowest BCUT2D eigenvalue weighted by atomic mass is 10.2. The van der Waals surface area contributed by atoms with Crippen molar-refractivity contribution in [2.45, 2.75) is 13.0 Å². The van der Waals surface area contributed by atoms with Gasteiger partial charge in [0.1, 0.15) is 0 Å². The summed E-state index contributed by atoms with van der Waals surface area (Å²) in [7, 11) is 0. The van der Waals surface area contributed by atoms with Gasteiger partial charge in [-0.25, -0.2) is 0 Å². The average molecular weight is 484 g/mol. The number of aliphatic imine (C=N–C) groups is 1. The first-order chi connectivity index (χ1) is 11.3. The molecule has 0 radical (unpaired) electrons. The van der Waals surface area contributed by atoms with E-state index < -0.39 is 0 Å². The summed E-state index contributed by atoms with van der Waals surface area (Å²) in [6, 6.07) is 4.68. The summed E-state index contributed by atoms with van der Waals surface area (Å²) in [5.74, 6) is 2.00. The molecule has 138 valence electrons. The quantitative estimate of drug-likeness (QED) is 0.257. The van der Waals surface area contributed by atoms with Crippen molar-refractivity contribution in [2.24, 2.45) is 4.99 Å². The van der Waals surface area contributed by atoms with Crippen LogP contribution in [0.4, 0.5) is 0 Å². The molecule has 1 atom stereocenters. The van der Waals surface area contributed by atoms with Crippen LogP contribution in [-0.2, 0) is 4.74 Å². The zero-order valence-corrected chi connectivity index (χ0v) is 18.5. The number of guanidine groups is 1. The van der Waals surface area contributed by atoms with Crippen molar-refractivity contribution in [1.82, 2.24) is 15.5 Å². The number of thiophene rings is 1. The summed E-state index contributed by atoms with van der Waals surface area (Å²) in [5, 5.41) is 8.89. The van der Waals surface area contributed by atoms with E-state index in [1.165, 1.54) is 4.88 Å². The molecule has 1 aliphatic heterocycles. The normalized spacial score (nSPS) is 17.2. The third-order valence-electron chi connectivity index (χ3n) is 3.72. The maximum Gasteiger partial charge on any atom is 0.191 e. The van der Waals surface area contributed by atoms with E-state index >= 15 is 0 Å². The average Bonchev–Trinajstić information content (AvgIpc) is 3.10. The first kappa shape index (κ1) is 22.0. The fraction of sp³-hybridized carbons (Fsp3) is 0.688. The lowest BCUT2D eigenvalue weighted by molar-refractivity contribution is 0.0186. The zero-order valence-electron chi connectivity index (χ0n) is 14.5. The highest BCUT2D eigenvalue weighted by molar-refractivity contribution is 14.0. The largest absolute Gasteiger partial charge is 0.379 e. The monoisotopic (exact) mass is 484 g/mol. The Labute approximate surface area is 171 Å². The standard InChI is InChI=1S/C16H28N4OS2.HI/c1-3-17-16(18-6-12-22-2)19-13-14(15-5-4-11-23-15)20-7-9-21-10-8-20;/h4-5,11,14H,3,6-10,12-13H2,1-2H3,(H2,17,18,19);1H. The Morgan fingerprint density at radius 2 is 2.21 bits per heavy atom. The molecule has 1 unspecified atom stereocenters. The predicted octanol–water partition coefficient (Wildman–Crippen LogP) is 2.66. The fourth-order valence-corrected chi connectivity index (χ4v) is 3.70. The number of thioether (sulfide) groups is 1. The van der Waals surface area contributed by atoms with Crippen LogP contribution in [0.2, 0.25) is 0 Å². The maximum absolute atomic E-state index is 5.50. The first-order valence-corrected chi connectivity index (χ1v) is 10.5. The highest BCUT2D eigenvalue weighted by Gasteiger charge is 2.23. The van der Waals surface area contributed by atoms with Gasteiger partial charge in [0.2, 0.25) is 0 Å². The number of hydrogen-bond acceptors (Lipinski definition) is 5. The molecule has 24 heavy (non-hydrogen) atoms. The summed E-state index contributed by atoms with van der Waals surface area (Å²) in [6.45, 7) is 8.29. The number of morpholine rings is 1. The second-order valence-electron chi connectivity index (χ2n) is 5.32. The number of rotatable bonds is 8. The van der Waals surface area contributed by atoms with Gasteiger partial charge < -0.3 is 15.4 Å². The van der Waals surface area contributed by atoms with Gasteiger partial charge >= 0.3 is 0 Å². The number of hydrogen-bond donors (Lipinski definition) is 2. The Bertz CT molecular complexity index is 453. The van der Waals surface area contributed by atoms with Crippen LogP contribution in [-0.4, -0.2) is 68.8 Å². The molecule has 0 amide bonds. The molecule has 0 aromatic carbocycles. The summed E-state index contributed by atoms with van der Waals surface area (Å²) in [5.41, 5.74) is 0. The molecule has 0 saturated carbocycles. The maximum atomic E-state index is 5.50. The van der Waals surface area contributed by atoms with Gasteiger partial charge in [-0.05, 0) is 24.6 Å². The minimum absolute atomic E-state index is 0. The summed E-state index contributed by atoms with van der Waals surface area (Å²) >= 11 is 3.66. The second kappa shape index (κ2) is 13.2. The van der Waals surface area contributed by atoms with E-state index in [-0.39, 0.29) is 24.0 Å². The van der Waals surface area contributed by atoms with Crippen molar-refractivity contribution in [3.63, 3.8) is 0 Å². The Kier molecular flexibility index (Phi) is 12.1. The van der Waals surface area contributed by atoms with Crippen molar-refractivity contribution in [3.8, 4) is 0 Å². The van der Waals surface area contributed by atoms with Crippen LogP contribution in [0.1, 0.15) is 17.8 Å². The number of ether oxygens (including phenoxy) is 1. The van der Waals surface area contributed by atoms with Crippen molar-refractivity contribution in [2.75, 3.05) is 57.9 Å². The summed E-state index contributed by atoms with van der Waals surface area (Å²) in [4.78, 5) is 8.70. The molecule has 1 saturated heterocycles. The van der Waals surface area contributed by atoms with E-state index in [9.17, 15) is 0 Å². The third-order valence-corrected chi connectivity index (χ3v) is 5.31. The van der Waals surface area contributed by atoms with E-state index in [4.69, 9.17) is 9.73 Å². The first-order valence-electron chi connectivity index (χ1n) is 8.21. The highest BCUT2D eigenvalue weighted by atomic mass is 127. The number of nitrogens with zero attached hydrogens (tertiary/aromatic N) is 2. The van der Waals surface area contributed by atoms with Gasteiger partial charge in [-0.1, -0.05) is 6.07 Å². The van der Waals surface area contributed by atoms with E-state index in [0.29, 0.717) is 6.04 Å². The Balaban J connectivity index is 0.00000288. The summed E-state index contributed by atoms with van der Waals surface area (Å²) < 4.78 is 5.50. The van der Waals surface area contributed by atoms with Crippen molar-refractivity contribution >= 4 is 53.0 Å². The van der Waals surface area contributed by atoms with Crippen LogP contribution >= 0.6 is 47.1 Å². The Morgan fingerprint density at radius 1 is 1.42 bits per heavy atom. The van der Waals surface area contributed by atoms with Gasteiger partial charge in [-0.2, -0.15) is 11.8 Å². The Morgan fingerprint density at radius 3 is 2.83 bits per heavy atom.